The number of fused-ring (bicyclic) bond motifs is 6. The molecular weight excluding hydrogens is 376 g/mol. The molecule has 5 rings (SSSR count). The van der Waals surface area contributed by atoms with Gasteiger partial charge < -0.3 is 14.6 Å². The van der Waals surface area contributed by atoms with E-state index < -0.39 is 6.16 Å². The van der Waals surface area contributed by atoms with Gasteiger partial charge in [0.15, 0.2) is 0 Å². The Morgan fingerprint density at radius 3 is 2.73 bits per heavy atom. The van der Waals surface area contributed by atoms with Crippen LogP contribution in [0.3, 0.4) is 0 Å². The van der Waals surface area contributed by atoms with Gasteiger partial charge in [0.1, 0.15) is 17.2 Å². The van der Waals surface area contributed by atoms with Crippen LogP contribution in [0.15, 0.2) is 42.5 Å². The number of phenols is 1. The number of hydrogen-bond donors (Lipinski definition) is 1. The quantitative estimate of drug-likeness (QED) is 0.399. The summed E-state index contributed by atoms with van der Waals surface area (Å²) in [5.74, 6) is 1.71. The first-order valence-electron chi connectivity index (χ1n) is 10.7. The van der Waals surface area contributed by atoms with Crippen LogP contribution in [0.4, 0.5) is 4.79 Å². The molecule has 2 aliphatic rings. The Morgan fingerprint density at radius 2 is 1.97 bits per heavy atom. The molecule has 1 N–H and O–H groups in total. The summed E-state index contributed by atoms with van der Waals surface area (Å²) in [5, 5.41) is 12.8. The second-order valence-electron chi connectivity index (χ2n) is 8.88. The van der Waals surface area contributed by atoms with E-state index in [1.165, 1.54) is 0 Å². The van der Waals surface area contributed by atoms with Gasteiger partial charge in [-0.25, -0.2) is 4.79 Å². The molecule has 154 valence electrons. The van der Waals surface area contributed by atoms with Gasteiger partial charge in [-0.15, -0.1) is 0 Å². The largest absolute Gasteiger partial charge is 0.519 e. The van der Waals surface area contributed by atoms with Crippen molar-refractivity contribution in [3.8, 4) is 17.2 Å². The molecule has 0 heterocycles. The molecule has 0 amide bonds. The molecular formula is C26H26O4. The van der Waals surface area contributed by atoms with Gasteiger partial charge in [0.2, 0.25) is 0 Å². The van der Waals surface area contributed by atoms with E-state index in [9.17, 15) is 9.90 Å². The maximum atomic E-state index is 12.8. The number of para-hydroxylation sites is 1. The lowest BCUT2D eigenvalue weighted by molar-refractivity contribution is 0.151. The van der Waals surface area contributed by atoms with Crippen LogP contribution in [0.1, 0.15) is 61.3 Å². The van der Waals surface area contributed by atoms with Crippen molar-refractivity contribution < 1.29 is 19.4 Å². The summed E-state index contributed by atoms with van der Waals surface area (Å²) < 4.78 is 11.5. The highest BCUT2D eigenvalue weighted by Crippen LogP contribution is 2.64. The zero-order valence-corrected chi connectivity index (χ0v) is 17.6. The van der Waals surface area contributed by atoms with E-state index in [4.69, 9.17) is 9.47 Å². The molecule has 3 aromatic carbocycles. The molecule has 0 saturated heterocycles. The maximum Gasteiger partial charge on any atom is 0.519 e. The summed E-state index contributed by atoms with van der Waals surface area (Å²) in [5.41, 5.74) is 3.81. The van der Waals surface area contributed by atoms with Gasteiger partial charge in [-0.3, -0.25) is 0 Å². The van der Waals surface area contributed by atoms with Gasteiger partial charge in [-0.2, -0.15) is 0 Å². The number of phenolic OH excluding ortho intramolecular Hbond substituents is 1. The SMILES string of the molecule is CCc1cccc2c(O)c3c(c(OC(=O)Oc4ccccc4C)c12)C1CCC3(C)C1. The third-order valence-electron chi connectivity index (χ3n) is 6.99. The number of aryl methyl sites for hydroxylation is 2. The second kappa shape index (κ2) is 6.76. The molecule has 2 unspecified atom stereocenters. The van der Waals surface area contributed by atoms with Crippen LogP contribution < -0.4 is 9.47 Å². The van der Waals surface area contributed by atoms with E-state index in [0.717, 1.165) is 58.7 Å². The fraction of sp³-hybridized carbons (Fsp3) is 0.346. The number of hydrogen-bond acceptors (Lipinski definition) is 4. The van der Waals surface area contributed by atoms with Crippen LogP contribution in [0.5, 0.6) is 17.2 Å². The number of carbonyl (C=O) groups is 1. The molecule has 0 aromatic heterocycles. The molecule has 1 fully saturated rings. The summed E-state index contributed by atoms with van der Waals surface area (Å²) in [7, 11) is 0. The van der Waals surface area contributed by atoms with Crippen molar-refractivity contribution in [2.45, 2.75) is 57.8 Å². The molecule has 30 heavy (non-hydrogen) atoms. The second-order valence-corrected chi connectivity index (χ2v) is 8.88. The van der Waals surface area contributed by atoms with Crippen LogP contribution in [0.25, 0.3) is 10.8 Å². The van der Waals surface area contributed by atoms with Crippen LogP contribution in [0.2, 0.25) is 0 Å². The average molecular weight is 402 g/mol. The molecule has 0 aliphatic heterocycles. The third kappa shape index (κ3) is 2.70. The summed E-state index contributed by atoms with van der Waals surface area (Å²) in [6, 6.07) is 13.3. The monoisotopic (exact) mass is 402 g/mol. The van der Waals surface area contributed by atoms with Crippen molar-refractivity contribution >= 4 is 16.9 Å². The Kier molecular flexibility index (Phi) is 4.28. The van der Waals surface area contributed by atoms with E-state index in [1.54, 1.807) is 6.07 Å². The molecule has 0 spiro atoms. The lowest BCUT2D eigenvalue weighted by atomic mass is 9.78. The Labute approximate surface area is 176 Å². The minimum atomic E-state index is -0.739. The first-order chi connectivity index (χ1) is 14.4. The van der Waals surface area contributed by atoms with Gasteiger partial charge in [0, 0.05) is 21.9 Å². The Morgan fingerprint density at radius 1 is 1.17 bits per heavy atom. The van der Waals surface area contributed by atoms with Crippen molar-refractivity contribution in [1.29, 1.82) is 0 Å². The standard InChI is InChI=1S/C26H26O4/c1-4-16-9-7-10-18-20(16)24(30-25(28)29-19-11-6-5-8-15(19)2)21-17-12-13-26(3,14-17)22(21)23(18)27/h5-11,17,27H,4,12-14H2,1-3H3. The number of ether oxygens (including phenoxy) is 2. The number of carbonyl (C=O) groups excluding carboxylic acids is 1. The molecule has 4 nitrogen and oxygen atoms in total. The highest BCUT2D eigenvalue weighted by atomic mass is 16.7. The smallest absolute Gasteiger partial charge is 0.507 e. The van der Waals surface area contributed by atoms with Crippen molar-refractivity contribution in [2.24, 2.45) is 0 Å². The first-order valence-corrected chi connectivity index (χ1v) is 10.7. The highest BCUT2D eigenvalue weighted by Gasteiger charge is 2.50. The fourth-order valence-electron chi connectivity index (χ4n) is 5.56. The van der Waals surface area contributed by atoms with Gasteiger partial charge in [0.25, 0.3) is 0 Å². The molecule has 0 radical (unpaired) electrons. The van der Waals surface area contributed by atoms with E-state index in [-0.39, 0.29) is 5.41 Å². The lowest BCUT2D eigenvalue weighted by Crippen LogP contribution is -2.19. The highest BCUT2D eigenvalue weighted by molar-refractivity contribution is 6.00. The number of benzene rings is 3. The molecule has 2 aliphatic carbocycles. The molecule has 1 saturated carbocycles. The Hall–Kier alpha value is -3.01. The van der Waals surface area contributed by atoms with E-state index in [0.29, 0.717) is 23.2 Å². The summed E-state index contributed by atoms with van der Waals surface area (Å²) >= 11 is 0. The van der Waals surface area contributed by atoms with Gasteiger partial charge in [-0.05, 0) is 61.1 Å². The average Bonchev–Trinajstić information content (AvgIpc) is 3.26. The first kappa shape index (κ1) is 19.0. The minimum absolute atomic E-state index is 0.0709. The third-order valence-corrected chi connectivity index (χ3v) is 6.99. The van der Waals surface area contributed by atoms with Crippen LogP contribution >= 0.6 is 0 Å². The lowest BCUT2D eigenvalue weighted by Gasteiger charge is -2.28. The Bertz CT molecular complexity index is 1180. The zero-order chi connectivity index (χ0) is 21.0. The summed E-state index contributed by atoms with van der Waals surface area (Å²) in [6.45, 7) is 6.18. The van der Waals surface area contributed by atoms with Gasteiger partial charge in [-0.1, -0.05) is 50.2 Å². The summed E-state index contributed by atoms with van der Waals surface area (Å²) in [6.07, 6.45) is 3.12. The zero-order valence-electron chi connectivity index (χ0n) is 17.6. The Balaban J connectivity index is 1.68. The maximum absolute atomic E-state index is 12.8. The van der Waals surface area contributed by atoms with E-state index in [1.807, 2.05) is 43.3 Å². The van der Waals surface area contributed by atoms with E-state index >= 15 is 0 Å². The normalized spacial score (nSPS) is 21.6. The van der Waals surface area contributed by atoms with Crippen molar-refractivity contribution in [2.75, 3.05) is 0 Å². The van der Waals surface area contributed by atoms with Crippen molar-refractivity contribution in [3.05, 3.63) is 64.7 Å². The topological polar surface area (TPSA) is 55.8 Å². The van der Waals surface area contributed by atoms with Crippen molar-refractivity contribution in [1.82, 2.24) is 0 Å². The molecule has 3 aromatic rings. The molecule has 4 heteroatoms. The summed E-state index contributed by atoms with van der Waals surface area (Å²) in [4.78, 5) is 12.8. The van der Waals surface area contributed by atoms with Gasteiger partial charge >= 0.3 is 6.16 Å². The number of aromatic hydroxyl groups is 1. The van der Waals surface area contributed by atoms with Crippen LogP contribution in [-0.4, -0.2) is 11.3 Å². The predicted molar refractivity (Wildman–Crippen MR) is 117 cm³/mol. The molecule has 2 atom stereocenters. The van der Waals surface area contributed by atoms with Gasteiger partial charge in [0.05, 0.1) is 0 Å². The minimum Gasteiger partial charge on any atom is -0.507 e. The van der Waals surface area contributed by atoms with Crippen LogP contribution in [-0.2, 0) is 11.8 Å². The van der Waals surface area contributed by atoms with Crippen molar-refractivity contribution in [3.63, 3.8) is 0 Å². The van der Waals surface area contributed by atoms with Crippen LogP contribution in [0, 0.1) is 6.92 Å². The molecule has 2 bridgehead atoms. The number of rotatable bonds is 3. The predicted octanol–water partition coefficient (Wildman–Crippen LogP) is 6.53. The fourth-order valence-corrected chi connectivity index (χ4v) is 5.56. The van der Waals surface area contributed by atoms with E-state index in [2.05, 4.69) is 13.8 Å².